The molecule has 0 N–H and O–H groups in total. The summed E-state index contributed by atoms with van der Waals surface area (Å²) < 4.78 is 5.50. The maximum absolute atomic E-state index is 8.89. The first-order valence-electron chi connectivity index (χ1n) is 5.59. The molecule has 84 valence electrons. The molecule has 0 bridgehead atoms. The van der Waals surface area contributed by atoms with E-state index in [1.165, 1.54) is 5.56 Å². The zero-order valence-corrected chi connectivity index (χ0v) is 9.47. The van der Waals surface area contributed by atoms with E-state index in [1.54, 1.807) is 0 Å². The number of hydrogen-bond donors (Lipinski definition) is 0. The van der Waals surface area contributed by atoms with Crippen molar-refractivity contribution in [3.05, 3.63) is 35.9 Å². The molecule has 1 heterocycles. The number of morpholine rings is 1. The SMILES string of the molecule is C[C@H]1CN(Cc2ccccc2)C[C@H](C#N)O1. The molecule has 2 rings (SSSR count). The molecule has 3 heteroatoms. The molecule has 0 spiro atoms. The van der Waals surface area contributed by atoms with Crippen LogP contribution in [0.15, 0.2) is 30.3 Å². The summed E-state index contributed by atoms with van der Waals surface area (Å²) in [7, 11) is 0. The van der Waals surface area contributed by atoms with E-state index in [9.17, 15) is 0 Å². The number of rotatable bonds is 2. The molecule has 2 atom stereocenters. The number of nitrogens with zero attached hydrogens (tertiary/aromatic N) is 2. The van der Waals surface area contributed by atoms with Gasteiger partial charge in [0.1, 0.15) is 0 Å². The van der Waals surface area contributed by atoms with E-state index in [0.717, 1.165) is 13.1 Å². The molecule has 1 aliphatic rings. The minimum atomic E-state index is -0.285. The van der Waals surface area contributed by atoms with Gasteiger partial charge in [0, 0.05) is 19.6 Å². The molecule has 1 saturated heterocycles. The lowest BCUT2D eigenvalue weighted by Gasteiger charge is -2.33. The monoisotopic (exact) mass is 216 g/mol. The Morgan fingerprint density at radius 2 is 2.12 bits per heavy atom. The third-order valence-corrected chi connectivity index (χ3v) is 2.73. The predicted octanol–water partition coefficient (Wildman–Crippen LogP) is 1.80. The van der Waals surface area contributed by atoms with Crippen molar-refractivity contribution in [1.29, 1.82) is 5.26 Å². The van der Waals surface area contributed by atoms with Gasteiger partial charge in [-0.05, 0) is 12.5 Å². The Kier molecular flexibility index (Phi) is 3.55. The highest BCUT2D eigenvalue weighted by atomic mass is 16.5. The highest BCUT2D eigenvalue weighted by molar-refractivity contribution is 5.14. The minimum Gasteiger partial charge on any atom is -0.358 e. The average Bonchev–Trinajstić information content (AvgIpc) is 2.29. The summed E-state index contributed by atoms with van der Waals surface area (Å²) >= 11 is 0. The number of nitriles is 1. The van der Waals surface area contributed by atoms with Crippen molar-refractivity contribution >= 4 is 0 Å². The normalized spacial score (nSPS) is 26.2. The van der Waals surface area contributed by atoms with Crippen LogP contribution in [0.4, 0.5) is 0 Å². The van der Waals surface area contributed by atoms with Crippen LogP contribution in [0.1, 0.15) is 12.5 Å². The Hall–Kier alpha value is -1.37. The van der Waals surface area contributed by atoms with Gasteiger partial charge in [-0.3, -0.25) is 4.90 Å². The van der Waals surface area contributed by atoms with Crippen molar-refractivity contribution in [2.24, 2.45) is 0 Å². The first-order chi connectivity index (χ1) is 7.78. The molecule has 3 nitrogen and oxygen atoms in total. The fourth-order valence-electron chi connectivity index (χ4n) is 2.08. The Balaban J connectivity index is 1.97. The summed E-state index contributed by atoms with van der Waals surface area (Å²) in [6.07, 6.45) is -0.144. The molecule has 1 fully saturated rings. The average molecular weight is 216 g/mol. The van der Waals surface area contributed by atoms with E-state index >= 15 is 0 Å². The van der Waals surface area contributed by atoms with E-state index in [2.05, 4.69) is 23.1 Å². The molecule has 0 saturated carbocycles. The molecule has 0 aliphatic carbocycles. The Bertz CT molecular complexity index is 371. The molecule has 1 aromatic rings. The number of ether oxygens (including phenoxy) is 1. The van der Waals surface area contributed by atoms with Gasteiger partial charge in [-0.1, -0.05) is 30.3 Å². The van der Waals surface area contributed by atoms with Crippen molar-refractivity contribution < 1.29 is 4.74 Å². The van der Waals surface area contributed by atoms with Crippen molar-refractivity contribution in [3.63, 3.8) is 0 Å². The lowest BCUT2D eigenvalue weighted by atomic mass is 10.1. The molecule has 1 aliphatic heterocycles. The van der Waals surface area contributed by atoms with Crippen molar-refractivity contribution in [3.8, 4) is 6.07 Å². The van der Waals surface area contributed by atoms with Gasteiger partial charge in [-0.15, -0.1) is 0 Å². The Morgan fingerprint density at radius 3 is 2.81 bits per heavy atom. The van der Waals surface area contributed by atoms with Crippen molar-refractivity contribution in [2.45, 2.75) is 25.7 Å². The zero-order valence-electron chi connectivity index (χ0n) is 9.47. The summed E-state index contributed by atoms with van der Waals surface area (Å²) in [6.45, 7) is 4.51. The summed E-state index contributed by atoms with van der Waals surface area (Å²) in [6, 6.07) is 12.5. The maximum atomic E-state index is 8.89. The summed E-state index contributed by atoms with van der Waals surface area (Å²) in [5, 5.41) is 8.89. The fourth-order valence-corrected chi connectivity index (χ4v) is 2.08. The van der Waals surface area contributed by atoms with Gasteiger partial charge in [0.05, 0.1) is 12.2 Å². The molecular formula is C13H16N2O. The van der Waals surface area contributed by atoms with E-state index in [-0.39, 0.29) is 12.2 Å². The molecular weight excluding hydrogens is 200 g/mol. The third kappa shape index (κ3) is 2.82. The van der Waals surface area contributed by atoms with Crippen LogP contribution in [0.25, 0.3) is 0 Å². The van der Waals surface area contributed by atoms with Gasteiger partial charge in [0.15, 0.2) is 6.10 Å². The van der Waals surface area contributed by atoms with Gasteiger partial charge in [-0.25, -0.2) is 0 Å². The lowest BCUT2D eigenvalue weighted by molar-refractivity contribution is -0.0542. The highest BCUT2D eigenvalue weighted by Crippen LogP contribution is 2.13. The number of benzene rings is 1. The Morgan fingerprint density at radius 1 is 1.38 bits per heavy atom. The zero-order chi connectivity index (χ0) is 11.4. The summed E-state index contributed by atoms with van der Waals surface area (Å²) in [5.41, 5.74) is 1.29. The topological polar surface area (TPSA) is 36.3 Å². The molecule has 0 amide bonds. The predicted molar refractivity (Wildman–Crippen MR) is 61.7 cm³/mol. The second kappa shape index (κ2) is 5.11. The quantitative estimate of drug-likeness (QED) is 0.756. The van der Waals surface area contributed by atoms with Gasteiger partial charge in [-0.2, -0.15) is 5.26 Å². The van der Waals surface area contributed by atoms with Crippen LogP contribution in [0.2, 0.25) is 0 Å². The molecule has 16 heavy (non-hydrogen) atoms. The first-order valence-corrected chi connectivity index (χ1v) is 5.59. The van der Waals surface area contributed by atoms with Gasteiger partial charge in [0.25, 0.3) is 0 Å². The second-order valence-corrected chi connectivity index (χ2v) is 4.24. The van der Waals surface area contributed by atoms with Gasteiger partial charge < -0.3 is 4.74 Å². The molecule has 0 radical (unpaired) electrons. The van der Waals surface area contributed by atoms with Crippen LogP contribution >= 0.6 is 0 Å². The number of hydrogen-bond acceptors (Lipinski definition) is 3. The Labute approximate surface area is 96.2 Å². The smallest absolute Gasteiger partial charge is 0.156 e. The summed E-state index contributed by atoms with van der Waals surface area (Å²) in [5.74, 6) is 0. The molecule has 1 aromatic carbocycles. The third-order valence-electron chi connectivity index (χ3n) is 2.73. The standard InChI is InChI=1S/C13H16N2O/c1-11-8-15(10-13(7-14)16-11)9-12-5-3-2-4-6-12/h2-6,11,13H,8-10H2,1H3/t11-,13-/m0/s1. The second-order valence-electron chi connectivity index (χ2n) is 4.24. The maximum Gasteiger partial charge on any atom is 0.156 e. The fraction of sp³-hybridized carbons (Fsp3) is 0.462. The van der Waals surface area contributed by atoms with Crippen LogP contribution in [0.3, 0.4) is 0 Å². The van der Waals surface area contributed by atoms with E-state index in [1.807, 2.05) is 25.1 Å². The van der Waals surface area contributed by atoms with Crippen molar-refractivity contribution in [1.82, 2.24) is 4.90 Å². The van der Waals surface area contributed by atoms with E-state index in [0.29, 0.717) is 6.54 Å². The van der Waals surface area contributed by atoms with Crippen LogP contribution in [-0.2, 0) is 11.3 Å². The van der Waals surface area contributed by atoms with Crippen LogP contribution in [0.5, 0.6) is 0 Å². The van der Waals surface area contributed by atoms with Crippen LogP contribution in [-0.4, -0.2) is 30.2 Å². The summed E-state index contributed by atoms with van der Waals surface area (Å²) in [4.78, 5) is 2.28. The largest absolute Gasteiger partial charge is 0.358 e. The van der Waals surface area contributed by atoms with E-state index in [4.69, 9.17) is 10.00 Å². The highest BCUT2D eigenvalue weighted by Gasteiger charge is 2.24. The van der Waals surface area contributed by atoms with Gasteiger partial charge in [0.2, 0.25) is 0 Å². The lowest BCUT2D eigenvalue weighted by Crippen LogP contribution is -2.45. The first kappa shape index (κ1) is 11.1. The van der Waals surface area contributed by atoms with Gasteiger partial charge >= 0.3 is 0 Å². The van der Waals surface area contributed by atoms with E-state index < -0.39 is 0 Å². The molecule has 0 aromatic heterocycles. The van der Waals surface area contributed by atoms with Crippen molar-refractivity contribution in [2.75, 3.05) is 13.1 Å². The molecule has 0 unspecified atom stereocenters. The minimum absolute atomic E-state index is 0.141. The van der Waals surface area contributed by atoms with Crippen LogP contribution < -0.4 is 0 Å². The van der Waals surface area contributed by atoms with Crippen LogP contribution in [0, 0.1) is 11.3 Å².